The third-order valence-electron chi connectivity index (χ3n) is 4.92. The van der Waals surface area contributed by atoms with Crippen molar-refractivity contribution in [2.75, 3.05) is 18.9 Å². The fourth-order valence-electron chi connectivity index (χ4n) is 3.39. The van der Waals surface area contributed by atoms with Gasteiger partial charge in [0.2, 0.25) is 0 Å². The van der Waals surface area contributed by atoms with Gasteiger partial charge >= 0.3 is 0 Å². The van der Waals surface area contributed by atoms with Crippen LogP contribution in [0.2, 0.25) is 5.02 Å². The summed E-state index contributed by atoms with van der Waals surface area (Å²) >= 11 is 5.99. The minimum atomic E-state index is -0.727. The van der Waals surface area contributed by atoms with Crippen LogP contribution in [0, 0.1) is 0 Å². The fraction of sp³-hybridized carbons (Fsp3) is 0.318. The van der Waals surface area contributed by atoms with Crippen molar-refractivity contribution in [3.8, 4) is 5.75 Å². The summed E-state index contributed by atoms with van der Waals surface area (Å²) in [5, 5.41) is 0.732. The summed E-state index contributed by atoms with van der Waals surface area (Å²) in [7, 11) is 0. The first-order valence-electron chi connectivity index (χ1n) is 9.61. The molecule has 0 bridgehead atoms. The molecule has 2 N–H and O–H groups in total. The molecule has 152 valence electrons. The predicted molar refractivity (Wildman–Crippen MR) is 112 cm³/mol. The molecule has 0 aliphatic carbocycles. The monoisotopic (exact) mass is 413 g/mol. The van der Waals surface area contributed by atoms with Gasteiger partial charge in [0.15, 0.2) is 5.79 Å². The van der Waals surface area contributed by atoms with E-state index in [4.69, 9.17) is 31.5 Å². The number of nitrogens with two attached hydrogens (primary N) is 1. The molecule has 1 saturated heterocycles. The molecule has 0 saturated carbocycles. The zero-order valence-electron chi connectivity index (χ0n) is 16.0. The second-order valence-corrected chi connectivity index (χ2v) is 7.64. The molecule has 2 atom stereocenters. The highest BCUT2D eigenvalue weighted by molar-refractivity contribution is 6.30. The first-order chi connectivity index (χ1) is 14.1. The van der Waals surface area contributed by atoms with Crippen molar-refractivity contribution in [2.24, 2.45) is 0 Å². The van der Waals surface area contributed by atoms with Crippen molar-refractivity contribution in [2.45, 2.75) is 31.3 Å². The lowest BCUT2D eigenvalue weighted by Gasteiger charge is -2.28. The van der Waals surface area contributed by atoms with Crippen molar-refractivity contribution in [1.82, 2.24) is 9.55 Å². The topological polar surface area (TPSA) is 71.5 Å². The number of aromatic nitrogens is 2. The zero-order valence-corrected chi connectivity index (χ0v) is 16.8. The van der Waals surface area contributed by atoms with Gasteiger partial charge in [-0.3, -0.25) is 0 Å². The lowest BCUT2D eigenvalue weighted by Crippen LogP contribution is -2.37. The van der Waals surface area contributed by atoms with Crippen LogP contribution in [0.3, 0.4) is 0 Å². The molecule has 1 aliphatic heterocycles. The standard InChI is InChI=1S/C22H24ClN3O3/c23-18-3-1-17(2-4-18)9-10-22(15-26-12-11-25-16-26)28-14-21(29-22)13-27-20-7-5-19(24)6-8-20/h1-8,11-12,16,21H,9-10,13-15,24H2/t21-,22-/m1/s1. The van der Waals surface area contributed by atoms with Crippen molar-refractivity contribution < 1.29 is 14.2 Å². The molecule has 1 aromatic heterocycles. The van der Waals surface area contributed by atoms with E-state index in [1.54, 1.807) is 12.5 Å². The molecule has 2 aromatic carbocycles. The van der Waals surface area contributed by atoms with Crippen LogP contribution in [0.5, 0.6) is 5.75 Å². The maximum absolute atomic E-state index is 6.37. The maximum Gasteiger partial charge on any atom is 0.187 e. The number of hydrogen-bond acceptors (Lipinski definition) is 5. The van der Waals surface area contributed by atoms with Crippen LogP contribution in [-0.2, 0) is 22.4 Å². The quantitative estimate of drug-likeness (QED) is 0.566. The van der Waals surface area contributed by atoms with Crippen molar-refractivity contribution in [1.29, 1.82) is 0 Å². The molecule has 2 heterocycles. The van der Waals surface area contributed by atoms with Gasteiger partial charge in [0.25, 0.3) is 0 Å². The number of ether oxygens (including phenoxy) is 3. The molecule has 0 amide bonds. The zero-order chi connectivity index (χ0) is 20.1. The van der Waals surface area contributed by atoms with Crippen LogP contribution in [0.4, 0.5) is 5.69 Å². The van der Waals surface area contributed by atoms with E-state index in [0.29, 0.717) is 31.9 Å². The van der Waals surface area contributed by atoms with E-state index in [1.165, 1.54) is 5.56 Å². The van der Waals surface area contributed by atoms with Crippen LogP contribution in [0.15, 0.2) is 67.3 Å². The highest BCUT2D eigenvalue weighted by Gasteiger charge is 2.42. The highest BCUT2D eigenvalue weighted by Crippen LogP contribution is 2.31. The summed E-state index contributed by atoms with van der Waals surface area (Å²) in [6, 6.07) is 15.2. The van der Waals surface area contributed by atoms with Crippen LogP contribution in [-0.4, -0.2) is 34.7 Å². The summed E-state index contributed by atoms with van der Waals surface area (Å²) in [5.41, 5.74) is 7.62. The molecule has 0 radical (unpaired) electrons. The first-order valence-corrected chi connectivity index (χ1v) is 9.98. The number of rotatable bonds is 8. The van der Waals surface area contributed by atoms with Crippen LogP contribution in [0.1, 0.15) is 12.0 Å². The number of halogens is 1. The number of hydrogen-bond donors (Lipinski definition) is 1. The Labute approximate surface area is 175 Å². The molecular weight excluding hydrogens is 390 g/mol. The fourth-order valence-corrected chi connectivity index (χ4v) is 3.52. The average molecular weight is 414 g/mol. The van der Waals surface area contributed by atoms with Crippen LogP contribution >= 0.6 is 11.6 Å². The van der Waals surface area contributed by atoms with E-state index in [-0.39, 0.29) is 6.10 Å². The summed E-state index contributed by atoms with van der Waals surface area (Å²) in [4.78, 5) is 4.13. The molecule has 6 nitrogen and oxygen atoms in total. The molecule has 1 fully saturated rings. The van der Waals surface area contributed by atoms with Crippen LogP contribution in [0.25, 0.3) is 0 Å². The Balaban J connectivity index is 1.40. The summed E-state index contributed by atoms with van der Waals surface area (Å²) in [6.07, 6.45) is 6.82. The minimum Gasteiger partial charge on any atom is -0.491 e. The molecule has 1 aliphatic rings. The Bertz CT molecular complexity index is 900. The van der Waals surface area contributed by atoms with Crippen LogP contribution < -0.4 is 10.5 Å². The molecule has 4 rings (SSSR count). The van der Waals surface area contributed by atoms with E-state index in [2.05, 4.69) is 4.98 Å². The van der Waals surface area contributed by atoms with Gasteiger partial charge in [-0.2, -0.15) is 0 Å². The largest absolute Gasteiger partial charge is 0.491 e. The Morgan fingerprint density at radius 3 is 2.69 bits per heavy atom. The van der Waals surface area contributed by atoms with E-state index >= 15 is 0 Å². The van der Waals surface area contributed by atoms with Crippen molar-refractivity contribution in [3.63, 3.8) is 0 Å². The van der Waals surface area contributed by atoms with E-state index in [9.17, 15) is 0 Å². The number of nitrogens with zero attached hydrogens (tertiary/aromatic N) is 2. The second-order valence-electron chi connectivity index (χ2n) is 7.20. The van der Waals surface area contributed by atoms with Gasteiger partial charge < -0.3 is 24.5 Å². The Morgan fingerprint density at radius 2 is 1.97 bits per heavy atom. The van der Waals surface area contributed by atoms with Gasteiger partial charge in [0, 0.05) is 29.5 Å². The Hall–Kier alpha value is -2.54. The number of nitrogen functional groups attached to an aromatic ring is 1. The SMILES string of the molecule is Nc1ccc(OC[C@@H]2CO[C@@](CCc3ccc(Cl)cc3)(Cn3ccnc3)O2)cc1. The Morgan fingerprint density at radius 1 is 1.17 bits per heavy atom. The predicted octanol–water partition coefficient (Wildman–Crippen LogP) is 3.94. The third kappa shape index (κ3) is 5.29. The van der Waals surface area contributed by atoms with Crippen molar-refractivity contribution >= 4 is 17.3 Å². The normalized spacial score (nSPS) is 21.3. The first kappa shape index (κ1) is 19.8. The Kier molecular flexibility index (Phi) is 6.04. The van der Waals surface area contributed by atoms with E-state index in [1.807, 2.05) is 59.3 Å². The lowest BCUT2D eigenvalue weighted by molar-refractivity contribution is -0.184. The van der Waals surface area contributed by atoms with Gasteiger partial charge in [-0.25, -0.2) is 4.98 Å². The summed E-state index contributed by atoms with van der Waals surface area (Å²) in [5.74, 6) is 0.0335. The number of imidazole rings is 1. The van der Waals surface area contributed by atoms with Gasteiger partial charge in [-0.15, -0.1) is 0 Å². The van der Waals surface area contributed by atoms with Gasteiger partial charge in [-0.1, -0.05) is 23.7 Å². The van der Waals surface area contributed by atoms with E-state index in [0.717, 1.165) is 17.2 Å². The molecular formula is C22H24ClN3O3. The highest BCUT2D eigenvalue weighted by atomic mass is 35.5. The second kappa shape index (κ2) is 8.86. The summed E-state index contributed by atoms with van der Waals surface area (Å²) < 4.78 is 20.4. The third-order valence-corrected chi connectivity index (χ3v) is 5.17. The van der Waals surface area contributed by atoms with Gasteiger partial charge in [0.05, 0.1) is 19.5 Å². The van der Waals surface area contributed by atoms with Gasteiger partial charge in [0.1, 0.15) is 18.5 Å². The molecule has 29 heavy (non-hydrogen) atoms. The number of anilines is 1. The maximum atomic E-state index is 6.37. The number of benzene rings is 2. The average Bonchev–Trinajstić information content (AvgIpc) is 3.38. The number of aryl methyl sites for hydroxylation is 1. The molecule has 0 unspecified atom stereocenters. The van der Waals surface area contributed by atoms with Gasteiger partial charge in [-0.05, 0) is 48.4 Å². The summed E-state index contributed by atoms with van der Waals surface area (Å²) in [6.45, 7) is 1.46. The molecule has 7 heteroatoms. The minimum absolute atomic E-state index is 0.152. The lowest BCUT2D eigenvalue weighted by atomic mass is 10.0. The smallest absolute Gasteiger partial charge is 0.187 e. The molecule has 3 aromatic rings. The van der Waals surface area contributed by atoms with Crippen molar-refractivity contribution in [3.05, 3.63) is 77.8 Å². The molecule has 0 spiro atoms. The van der Waals surface area contributed by atoms with E-state index < -0.39 is 5.79 Å².